The monoisotopic (exact) mass is 446 g/mol. The van der Waals surface area contributed by atoms with Gasteiger partial charge in [0, 0.05) is 26.0 Å². The minimum Gasteiger partial charge on any atom is -0.438 e. The van der Waals surface area contributed by atoms with Crippen LogP contribution in [0.3, 0.4) is 0 Å². The molecule has 3 rings (SSSR count). The Morgan fingerprint density at radius 2 is 2.00 bits per heavy atom. The molecule has 0 radical (unpaired) electrons. The second-order valence-corrected chi connectivity index (χ2v) is 7.47. The Kier molecular flexibility index (Phi) is 7.95. The predicted octanol–water partition coefficient (Wildman–Crippen LogP) is 3.55. The first-order chi connectivity index (χ1) is 15.9. The molecule has 0 atom stereocenters. The van der Waals surface area contributed by atoms with E-state index in [1.807, 2.05) is 45.0 Å². The third-order valence-electron chi connectivity index (χ3n) is 4.75. The highest BCUT2D eigenvalue weighted by molar-refractivity contribution is 6.01. The van der Waals surface area contributed by atoms with Crippen molar-refractivity contribution in [2.45, 2.75) is 27.2 Å². The molecule has 0 aliphatic heterocycles. The average molecular weight is 447 g/mol. The van der Waals surface area contributed by atoms with Gasteiger partial charge < -0.3 is 14.8 Å². The van der Waals surface area contributed by atoms with Crippen LogP contribution in [0.4, 0.5) is 0 Å². The number of hydrogen-bond donors (Lipinski definition) is 1. The number of carbonyl (C=O) groups excluding carboxylic acids is 1. The van der Waals surface area contributed by atoms with Gasteiger partial charge in [-0.05, 0) is 68.7 Å². The molecule has 8 nitrogen and oxygen atoms in total. The lowest BCUT2D eigenvalue weighted by atomic mass is 10.1. The molecule has 0 spiro atoms. The zero-order valence-corrected chi connectivity index (χ0v) is 18.9. The van der Waals surface area contributed by atoms with Gasteiger partial charge in [-0.1, -0.05) is 12.1 Å². The van der Waals surface area contributed by atoms with Crippen LogP contribution in [-0.4, -0.2) is 35.1 Å². The van der Waals surface area contributed by atoms with Gasteiger partial charge in [-0.15, -0.1) is 0 Å². The van der Waals surface area contributed by atoms with E-state index in [4.69, 9.17) is 9.47 Å². The van der Waals surface area contributed by atoms with Crippen LogP contribution in [0.1, 0.15) is 30.0 Å². The predicted molar refractivity (Wildman–Crippen MR) is 125 cm³/mol. The SMILES string of the molecule is CCOCCCNC(=O)/C(C#N)=C/c1c(Oc2cc(C)cc(C)c2)nc2ccccn2c1=O. The van der Waals surface area contributed by atoms with Crippen LogP contribution in [0.5, 0.6) is 11.6 Å². The molecule has 0 fully saturated rings. The summed E-state index contributed by atoms with van der Waals surface area (Å²) in [5.74, 6) is -0.0507. The van der Waals surface area contributed by atoms with Gasteiger partial charge in [-0.25, -0.2) is 0 Å². The quantitative estimate of drug-likeness (QED) is 0.306. The first-order valence-corrected chi connectivity index (χ1v) is 10.7. The average Bonchev–Trinajstić information content (AvgIpc) is 2.78. The summed E-state index contributed by atoms with van der Waals surface area (Å²) in [7, 11) is 0. The molecule has 2 aromatic heterocycles. The molecule has 1 aromatic carbocycles. The van der Waals surface area contributed by atoms with Crippen molar-refractivity contribution in [3.63, 3.8) is 0 Å². The van der Waals surface area contributed by atoms with E-state index in [9.17, 15) is 14.9 Å². The molecule has 0 aliphatic rings. The molecule has 0 bridgehead atoms. The Hall–Kier alpha value is -3.96. The van der Waals surface area contributed by atoms with E-state index in [1.165, 1.54) is 10.5 Å². The molecule has 0 saturated carbocycles. The van der Waals surface area contributed by atoms with E-state index in [2.05, 4.69) is 10.3 Å². The van der Waals surface area contributed by atoms with Gasteiger partial charge in [-0.2, -0.15) is 10.2 Å². The largest absolute Gasteiger partial charge is 0.438 e. The van der Waals surface area contributed by atoms with Crippen LogP contribution in [0.15, 0.2) is 53.0 Å². The highest BCUT2D eigenvalue weighted by Gasteiger charge is 2.17. The van der Waals surface area contributed by atoms with Crippen LogP contribution < -0.4 is 15.6 Å². The third-order valence-corrected chi connectivity index (χ3v) is 4.75. The molecule has 33 heavy (non-hydrogen) atoms. The Morgan fingerprint density at radius 3 is 2.70 bits per heavy atom. The van der Waals surface area contributed by atoms with Crippen LogP contribution in [0.2, 0.25) is 0 Å². The number of nitrogens with zero attached hydrogens (tertiary/aromatic N) is 3. The maximum Gasteiger partial charge on any atom is 0.269 e. The number of nitriles is 1. The van der Waals surface area contributed by atoms with Crippen LogP contribution >= 0.6 is 0 Å². The Balaban J connectivity index is 2.01. The van der Waals surface area contributed by atoms with Gasteiger partial charge in [0.2, 0.25) is 5.88 Å². The second kappa shape index (κ2) is 11.1. The smallest absolute Gasteiger partial charge is 0.269 e. The molecule has 0 saturated heterocycles. The standard InChI is InChI=1S/C25H26N4O4/c1-4-32-11-7-9-27-23(30)19(16-26)15-21-24(33-20-13-17(2)12-18(3)14-20)28-22-8-5-6-10-29(22)25(21)31/h5-6,8,10,12-15H,4,7,9,11H2,1-3H3,(H,27,30)/b19-15+. The Labute approximate surface area is 192 Å². The molecule has 1 amide bonds. The van der Waals surface area contributed by atoms with Crippen molar-refractivity contribution in [2.75, 3.05) is 19.8 Å². The molecule has 3 aromatic rings. The maximum absolute atomic E-state index is 13.2. The molecule has 2 heterocycles. The fourth-order valence-electron chi connectivity index (χ4n) is 3.30. The van der Waals surface area contributed by atoms with Crippen LogP contribution in [0, 0.1) is 25.2 Å². The fourth-order valence-corrected chi connectivity index (χ4v) is 3.30. The minimum atomic E-state index is -0.580. The number of aryl methyl sites for hydroxylation is 2. The molecule has 1 N–H and O–H groups in total. The normalized spacial score (nSPS) is 11.3. The topological polar surface area (TPSA) is 106 Å². The molecule has 170 valence electrons. The van der Waals surface area contributed by atoms with Gasteiger partial charge in [0.05, 0.1) is 0 Å². The number of hydrogen-bond acceptors (Lipinski definition) is 6. The second-order valence-electron chi connectivity index (χ2n) is 7.47. The summed E-state index contributed by atoms with van der Waals surface area (Å²) < 4.78 is 12.6. The molecule has 8 heteroatoms. The van der Waals surface area contributed by atoms with E-state index in [0.29, 0.717) is 37.6 Å². The number of pyridine rings is 1. The summed E-state index contributed by atoms with van der Waals surface area (Å²) >= 11 is 0. The van der Waals surface area contributed by atoms with E-state index in [0.717, 1.165) is 11.1 Å². The summed E-state index contributed by atoms with van der Waals surface area (Å²) in [6.45, 7) is 7.22. The van der Waals surface area contributed by atoms with Crippen molar-refractivity contribution in [3.05, 3.63) is 75.2 Å². The number of carbonyl (C=O) groups is 1. The number of nitrogens with one attached hydrogen (secondary N) is 1. The van der Waals surface area contributed by atoms with Crippen LogP contribution in [-0.2, 0) is 9.53 Å². The molecule has 0 aliphatic carbocycles. The third kappa shape index (κ3) is 6.05. The summed E-state index contributed by atoms with van der Waals surface area (Å²) in [4.78, 5) is 30.2. The van der Waals surface area contributed by atoms with Gasteiger partial charge in [-0.3, -0.25) is 14.0 Å². The maximum atomic E-state index is 13.2. The number of ether oxygens (including phenoxy) is 2. The summed E-state index contributed by atoms with van der Waals surface area (Å²) in [5, 5.41) is 12.3. The number of rotatable bonds is 9. The van der Waals surface area contributed by atoms with Crippen molar-refractivity contribution in [3.8, 4) is 17.7 Å². The first-order valence-electron chi connectivity index (χ1n) is 10.7. The Morgan fingerprint density at radius 1 is 1.24 bits per heavy atom. The van der Waals surface area contributed by atoms with Gasteiger partial charge >= 0.3 is 0 Å². The zero-order chi connectivity index (χ0) is 23.8. The molecule has 0 unspecified atom stereocenters. The van der Waals surface area contributed by atoms with E-state index in [-0.39, 0.29) is 17.0 Å². The lowest BCUT2D eigenvalue weighted by molar-refractivity contribution is -0.117. The highest BCUT2D eigenvalue weighted by Crippen LogP contribution is 2.26. The first kappa shape index (κ1) is 23.7. The van der Waals surface area contributed by atoms with E-state index in [1.54, 1.807) is 24.4 Å². The van der Waals surface area contributed by atoms with Crippen molar-refractivity contribution in [2.24, 2.45) is 0 Å². The lowest BCUT2D eigenvalue weighted by Gasteiger charge is -2.11. The van der Waals surface area contributed by atoms with Crippen molar-refractivity contribution in [1.82, 2.24) is 14.7 Å². The van der Waals surface area contributed by atoms with E-state index >= 15 is 0 Å². The molecular formula is C25H26N4O4. The number of amides is 1. The number of aromatic nitrogens is 2. The Bertz CT molecular complexity index is 1270. The van der Waals surface area contributed by atoms with E-state index < -0.39 is 11.5 Å². The van der Waals surface area contributed by atoms with Crippen molar-refractivity contribution >= 4 is 17.6 Å². The summed E-state index contributed by atoms with van der Waals surface area (Å²) in [6, 6.07) is 12.7. The summed E-state index contributed by atoms with van der Waals surface area (Å²) in [5.41, 5.74) is 1.72. The highest BCUT2D eigenvalue weighted by atomic mass is 16.5. The minimum absolute atomic E-state index is 0.0128. The zero-order valence-electron chi connectivity index (χ0n) is 18.9. The van der Waals surface area contributed by atoms with Gasteiger partial charge in [0.25, 0.3) is 11.5 Å². The summed E-state index contributed by atoms with van der Waals surface area (Å²) in [6.07, 6.45) is 3.41. The lowest BCUT2D eigenvalue weighted by Crippen LogP contribution is -2.27. The fraction of sp³-hybridized carbons (Fsp3) is 0.280. The van der Waals surface area contributed by atoms with Crippen molar-refractivity contribution in [1.29, 1.82) is 5.26 Å². The number of fused-ring (bicyclic) bond motifs is 1. The van der Waals surface area contributed by atoms with Gasteiger partial charge in [0.15, 0.2) is 0 Å². The van der Waals surface area contributed by atoms with Crippen LogP contribution in [0.25, 0.3) is 11.7 Å². The van der Waals surface area contributed by atoms with Gasteiger partial charge in [0.1, 0.15) is 28.6 Å². The van der Waals surface area contributed by atoms with Crippen molar-refractivity contribution < 1.29 is 14.3 Å². The molecular weight excluding hydrogens is 420 g/mol. The number of benzene rings is 1.